The van der Waals surface area contributed by atoms with Crippen molar-refractivity contribution in [2.75, 3.05) is 0 Å². The zero-order valence-electron chi connectivity index (χ0n) is 5.07. The van der Waals surface area contributed by atoms with Gasteiger partial charge in [0.2, 0.25) is 5.65 Å². The van der Waals surface area contributed by atoms with Crippen molar-refractivity contribution in [2.24, 2.45) is 0 Å². The molecule has 7 heteroatoms. The minimum atomic E-state index is 0.282. The predicted octanol–water partition coefficient (Wildman–Crippen LogP) is 0.935. The molecule has 56 valence electrons. The molecule has 0 spiro atoms. The minimum absolute atomic E-state index is 0.282. The summed E-state index contributed by atoms with van der Waals surface area (Å²) in [5.41, 5.74) is 0.454. The predicted molar refractivity (Wildman–Crippen MR) is 41.3 cm³/mol. The summed E-state index contributed by atoms with van der Waals surface area (Å²) < 4.78 is 2.04. The Morgan fingerprint density at radius 3 is 3.18 bits per heavy atom. The molecule has 0 saturated heterocycles. The molecule has 2 rings (SSSR count). The van der Waals surface area contributed by atoms with Gasteiger partial charge in [0.05, 0.1) is 6.20 Å². The Morgan fingerprint density at radius 2 is 2.36 bits per heavy atom. The molecule has 2 aromatic heterocycles. The standard InChI is InChI=1S/C4HBrClN5/c5-2-1-11-4(3(6)7-2)8-9-10-11/h1H. The SMILES string of the molecule is Clc1nc(Br)cn2nnnc12. The molecule has 0 aliphatic rings. The molecule has 0 N–H and O–H groups in total. The third kappa shape index (κ3) is 1.08. The summed E-state index contributed by atoms with van der Waals surface area (Å²) in [5, 5.41) is 11.0. The molecule has 0 aromatic carbocycles. The molecule has 0 aliphatic carbocycles. The lowest BCUT2D eigenvalue weighted by Gasteiger charge is -1.92. The average molecular weight is 234 g/mol. The molecular weight excluding hydrogens is 233 g/mol. The van der Waals surface area contributed by atoms with Crippen molar-refractivity contribution in [3.8, 4) is 0 Å². The third-order valence-corrected chi connectivity index (χ3v) is 1.75. The van der Waals surface area contributed by atoms with Gasteiger partial charge in [-0.25, -0.2) is 4.98 Å². The maximum absolute atomic E-state index is 5.70. The number of halogens is 2. The van der Waals surface area contributed by atoms with Crippen molar-refractivity contribution in [3.63, 3.8) is 0 Å². The van der Waals surface area contributed by atoms with E-state index in [4.69, 9.17) is 11.6 Å². The fourth-order valence-corrected chi connectivity index (χ4v) is 1.38. The largest absolute Gasteiger partial charge is 0.223 e. The molecule has 5 nitrogen and oxygen atoms in total. The molecule has 0 unspecified atom stereocenters. The van der Waals surface area contributed by atoms with Crippen LogP contribution in [0.15, 0.2) is 10.8 Å². The summed E-state index contributed by atoms with van der Waals surface area (Å²) in [4.78, 5) is 3.89. The van der Waals surface area contributed by atoms with Gasteiger partial charge in [-0.3, -0.25) is 0 Å². The van der Waals surface area contributed by atoms with Gasteiger partial charge in [0.25, 0.3) is 0 Å². The minimum Gasteiger partial charge on any atom is -0.223 e. The Morgan fingerprint density at radius 1 is 1.55 bits per heavy atom. The molecule has 0 radical (unpaired) electrons. The van der Waals surface area contributed by atoms with Gasteiger partial charge in [-0.2, -0.15) is 4.52 Å². The smallest absolute Gasteiger partial charge is 0.216 e. The summed E-state index contributed by atoms with van der Waals surface area (Å²) in [6, 6.07) is 0. The number of hydrogen-bond donors (Lipinski definition) is 0. The molecule has 0 bridgehead atoms. The van der Waals surface area contributed by atoms with E-state index in [2.05, 4.69) is 36.4 Å². The fourth-order valence-electron chi connectivity index (χ4n) is 0.690. The van der Waals surface area contributed by atoms with Crippen LogP contribution in [0.3, 0.4) is 0 Å². The van der Waals surface area contributed by atoms with E-state index in [-0.39, 0.29) is 5.15 Å². The van der Waals surface area contributed by atoms with E-state index < -0.39 is 0 Å². The van der Waals surface area contributed by atoms with Gasteiger partial charge < -0.3 is 0 Å². The molecule has 0 aliphatic heterocycles. The first kappa shape index (κ1) is 6.93. The molecule has 11 heavy (non-hydrogen) atoms. The Bertz CT molecular complexity index is 398. The van der Waals surface area contributed by atoms with Crippen molar-refractivity contribution in [3.05, 3.63) is 16.0 Å². The van der Waals surface area contributed by atoms with Crippen LogP contribution in [-0.4, -0.2) is 25.0 Å². The van der Waals surface area contributed by atoms with Gasteiger partial charge in [-0.1, -0.05) is 11.6 Å². The van der Waals surface area contributed by atoms with Crippen molar-refractivity contribution in [1.29, 1.82) is 0 Å². The molecular formula is C4HBrClN5. The van der Waals surface area contributed by atoms with Crippen LogP contribution in [0.25, 0.3) is 5.65 Å². The van der Waals surface area contributed by atoms with E-state index in [0.717, 1.165) is 0 Å². The Kier molecular flexibility index (Phi) is 1.50. The molecule has 2 heterocycles. The number of hydrogen-bond acceptors (Lipinski definition) is 4. The molecule has 0 atom stereocenters. The number of aromatic nitrogens is 5. The highest BCUT2D eigenvalue weighted by Gasteiger charge is 2.04. The third-order valence-electron chi connectivity index (χ3n) is 1.11. The van der Waals surface area contributed by atoms with Crippen molar-refractivity contribution < 1.29 is 0 Å². The van der Waals surface area contributed by atoms with E-state index in [9.17, 15) is 0 Å². The average Bonchev–Trinajstić information content (AvgIpc) is 2.34. The highest BCUT2D eigenvalue weighted by atomic mass is 79.9. The second kappa shape index (κ2) is 2.38. The van der Waals surface area contributed by atoms with Crippen LogP contribution in [0, 0.1) is 0 Å². The summed E-state index contributed by atoms with van der Waals surface area (Å²) in [5.74, 6) is 0. The molecule has 0 amide bonds. The first-order valence-corrected chi connectivity index (χ1v) is 3.84. The van der Waals surface area contributed by atoms with Crippen molar-refractivity contribution in [2.45, 2.75) is 0 Å². The second-order valence-electron chi connectivity index (χ2n) is 1.80. The maximum atomic E-state index is 5.70. The summed E-state index contributed by atoms with van der Waals surface area (Å²) >= 11 is 8.86. The molecule has 0 fully saturated rings. The summed E-state index contributed by atoms with van der Waals surface area (Å²) in [7, 11) is 0. The van der Waals surface area contributed by atoms with Gasteiger partial charge >= 0.3 is 0 Å². The lowest BCUT2D eigenvalue weighted by atomic mass is 10.7. The van der Waals surface area contributed by atoms with Gasteiger partial charge in [0.15, 0.2) is 5.15 Å². The number of rotatable bonds is 0. The van der Waals surface area contributed by atoms with Crippen LogP contribution < -0.4 is 0 Å². The zero-order valence-corrected chi connectivity index (χ0v) is 7.41. The van der Waals surface area contributed by atoms with Gasteiger partial charge in [0.1, 0.15) is 4.60 Å². The van der Waals surface area contributed by atoms with Gasteiger partial charge in [-0.05, 0) is 26.4 Å². The lowest BCUT2D eigenvalue weighted by molar-refractivity contribution is 0.817. The van der Waals surface area contributed by atoms with Gasteiger partial charge in [0, 0.05) is 0 Å². The van der Waals surface area contributed by atoms with Crippen LogP contribution in [0.5, 0.6) is 0 Å². The van der Waals surface area contributed by atoms with E-state index in [0.29, 0.717) is 10.3 Å². The Labute approximate surface area is 74.5 Å². The van der Waals surface area contributed by atoms with Crippen LogP contribution in [0.1, 0.15) is 0 Å². The highest BCUT2D eigenvalue weighted by molar-refractivity contribution is 9.10. The summed E-state index contributed by atoms with van der Waals surface area (Å²) in [6.45, 7) is 0. The number of nitrogens with zero attached hydrogens (tertiary/aromatic N) is 5. The number of tetrazole rings is 1. The molecule has 2 aromatic rings. The van der Waals surface area contributed by atoms with Crippen molar-refractivity contribution in [1.82, 2.24) is 25.0 Å². The fraction of sp³-hybridized carbons (Fsp3) is 0. The normalized spacial score (nSPS) is 10.7. The lowest BCUT2D eigenvalue weighted by Crippen LogP contribution is -1.90. The maximum Gasteiger partial charge on any atom is 0.216 e. The second-order valence-corrected chi connectivity index (χ2v) is 2.97. The number of fused-ring (bicyclic) bond motifs is 1. The van der Waals surface area contributed by atoms with Gasteiger partial charge in [-0.15, -0.1) is 5.10 Å². The van der Waals surface area contributed by atoms with Crippen LogP contribution >= 0.6 is 27.5 Å². The first-order valence-electron chi connectivity index (χ1n) is 2.67. The highest BCUT2D eigenvalue weighted by Crippen LogP contribution is 2.14. The van der Waals surface area contributed by atoms with Crippen LogP contribution in [-0.2, 0) is 0 Å². The Balaban J connectivity index is 2.91. The van der Waals surface area contributed by atoms with E-state index in [1.807, 2.05) is 0 Å². The Hall–Kier alpha value is -0.750. The van der Waals surface area contributed by atoms with Crippen LogP contribution in [0.2, 0.25) is 5.15 Å². The summed E-state index contributed by atoms with van der Waals surface area (Å²) in [6.07, 6.45) is 1.63. The monoisotopic (exact) mass is 233 g/mol. The van der Waals surface area contributed by atoms with E-state index in [1.165, 1.54) is 4.52 Å². The quantitative estimate of drug-likeness (QED) is 0.680. The first-order chi connectivity index (χ1) is 5.27. The molecule has 0 saturated carbocycles. The topological polar surface area (TPSA) is 56.0 Å². The van der Waals surface area contributed by atoms with Crippen molar-refractivity contribution >= 4 is 33.2 Å². The van der Waals surface area contributed by atoms with E-state index >= 15 is 0 Å². The van der Waals surface area contributed by atoms with E-state index in [1.54, 1.807) is 6.20 Å². The van der Waals surface area contributed by atoms with Crippen LogP contribution in [0.4, 0.5) is 0 Å². The zero-order chi connectivity index (χ0) is 7.84.